The zero-order valence-electron chi connectivity index (χ0n) is 7.64. The molecule has 76 valence electrons. The maximum atomic E-state index is 12.8. The number of methoxy groups -OCH3 is 2. The van der Waals surface area contributed by atoms with Crippen LogP contribution in [0.1, 0.15) is 10.4 Å². The van der Waals surface area contributed by atoms with Crippen LogP contribution in [0.4, 0.5) is 8.78 Å². The smallest absolute Gasteiger partial charge is 0.341 e. The second-order valence-electron chi connectivity index (χ2n) is 2.46. The summed E-state index contributed by atoms with van der Waals surface area (Å²) >= 11 is 0. The van der Waals surface area contributed by atoms with Gasteiger partial charge in [-0.2, -0.15) is 0 Å². The Morgan fingerprint density at radius 2 is 1.79 bits per heavy atom. The number of halogens is 2. The molecule has 0 radical (unpaired) electrons. The summed E-state index contributed by atoms with van der Waals surface area (Å²) in [5, 5.41) is 0. The maximum Gasteiger partial charge on any atom is 0.341 e. The first-order valence-electron chi connectivity index (χ1n) is 3.71. The Labute approximate surface area is 79.2 Å². The first-order valence-corrected chi connectivity index (χ1v) is 3.71. The molecular weight excluding hydrogens is 194 g/mol. The summed E-state index contributed by atoms with van der Waals surface area (Å²) in [6, 6.07) is 1.53. The first kappa shape index (κ1) is 10.4. The van der Waals surface area contributed by atoms with Crippen molar-refractivity contribution < 1.29 is 23.0 Å². The summed E-state index contributed by atoms with van der Waals surface area (Å²) in [7, 11) is 2.39. The van der Waals surface area contributed by atoms with E-state index < -0.39 is 17.6 Å². The van der Waals surface area contributed by atoms with E-state index in [2.05, 4.69) is 4.74 Å². The molecule has 0 fully saturated rings. The van der Waals surface area contributed by atoms with Gasteiger partial charge in [-0.25, -0.2) is 13.6 Å². The molecule has 3 nitrogen and oxygen atoms in total. The minimum Gasteiger partial charge on any atom is -0.496 e. The molecule has 0 spiro atoms. The van der Waals surface area contributed by atoms with Crippen LogP contribution < -0.4 is 4.74 Å². The lowest BCUT2D eigenvalue weighted by Crippen LogP contribution is -2.05. The molecule has 0 atom stereocenters. The van der Waals surface area contributed by atoms with Crippen molar-refractivity contribution >= 4 is 5.97 Å². The third-order valence-corrected chi connectivity index (χ3v) is 1.65. The predicted octanol–water partition coefficient (Wildman–Crippen LogP) is 1.76. The van der Waals surface area contributed by atoms with E-state index in [-0.39, 0.29) is 11.3 Å². The summed E-state index contributed by atoms with van der Waals surface area (Å²) in [6.07, 6.45) is 0. The minimum atomic E-state index is -1.12. The van der Waals surface area contributed by atoms with Gasteiger partial charge in [0.25, 0.3) is 0 Å². The molecule has 0 aliphatic carbocycles. The van der Waals surface area contributed by atoms with Crippen LogP contribution in [0.25, 0.3) is 0 Å². The lowest BCUT2D eigenvalue weighted by molar-refractivity contribution is 0.0596. The normalized spacial score (nSPS) is 9.71. The van der Waals surface area contributed by atoms with Crippen molar-refractivity contribution in [2.24, 2.45) is 0 Å². The van der Waals surface area contributed by atoms with E-state index in [1.165, 1.54) is 7.11 Å². The SMILES string of the molecule is COC(=O)c1cc(F)c(F)cc1OC. The van der Waals surface area contributed by atoms with E-state index in [0.29, 0.717) is 0 Å². The van der Waals surface area contributed by atoms with E-state index in [0.717, 1.165) is 19.2 Å². The average Bonchev–Trinajstić information content (AvgIpc) is 2.20. The average molecular weight is 202 g/mol. The number of carbonyl (C=O) groups is 1. The molecular formula is C9H8F2O3. The van der Waals surface area contributed by atoms with Gasteiger partial charge in [0.15, 0.2) is 11.6 Å². The zero-order valence-corrected chi connectivity index (χ0v) is 7.64. The van der Waals surface area contributed by atoms with Gasteiger partial charge in [0, 0.05) is 6.07 Å². The largest absolute Gasteiger partial charge is 0.496 e. The third-order valence-electron chi connectivity index (χ3n) is 1.65. The van der Waals surface area contributed by atoms with Gasteiger partial charge in [-0.3, -0.25) is 0 Å². The van der Waals surface area contributed by atoms with Crippen molar-refractivity contribution in [3.05, 3.63) is 29.3 Å². The highest BCUT2D eigenvalue weighted by Gasteiger charge is 2.16. The lowest BCUT2D eigenvalue weighted by atomic mass is 10.2. The first-order chi connectivity index (χ1) is 6.60. The van der Waals surface area contributed by atoms with Crippen LogP contribution in [0.2, 0.25) is 0 Å². The Balaban J connectivity index is 3.27. The molecule has 0 saturated heterocycles. The molecule has 0 aliphatic rings. The minimum absolute atomic E-state index is 0.0595. The summed E-state index contributed by atoms with van der Waals surface area (Å²) < 4.78 is 34.5. The van der Waals surface area contributed by atoms with Crippen molar-refractivity contribution in [3.63, 3.8) is 0 Å². The maximum absolute atomic E-state index is 12.8. The Morgan fingerprint density at radius 1 is 1.21 bits per heavy atom. The van der Waals surface area contributed by atoms with Crippen LogP contribution in [0, 0.1) is 11.6 Å². The van der Waals surface area contributed by atoms with Gasteiger partial charge < -0.3 is 9.47 Å². The number of benzene rings is 1. The van der Waals surface area contributed by atoms with E-state index in [1.54, 1.807) is 0 Å². The van der Waals surface area contributed by atoms with Crippen molar-refractivity contribution in [1.82, 2.24) is 0 Å². The van der Waals surface area contributed by atoms with Crippen molar-refractivity contribution in [3.8, 4) is 5.75 Å². The van der Waals surface area contributed by atoms with E-state index >= 15 is 0 Å². The van der Waals surface area contributed by atoms with Crippen LogP contribution in [0.3, 0.4) is 0 Å². The Hall–Kier alpha value is -1.65. The van der Waals surface area contributed by atoms with Gasteiger partial charge in [-0.15, -0.1) is 0 Å². The second-order valence-corrected chi connectivity index (χ2v) is 2.46. The summed E-state index contributed by atoms with van der Waals surface area (Å²) in [5.74, 6) is -3.03. The number of hydrogen-bond donors (Lipinski definition) is 0. The van der Waals surface area contributed by atoms with E-state index in [9.17, 15) is 13.6 Å². The highest BCUT2D eigenvalue weighted by molar-refractivity contribution is 5.92. The van der Waals surface area contributed by atoms with Gasteiger partial charge in [0.2, 0.25) is 0 Å². The molecule has 0 unspecified atom stereocenters. The second kappa shape index (κ2) is 4.04. The standard InChI is InChI=1S/C9H8F2O3/c1-13-8-4-7(11)6(10)3-5(8)9(12)14-2/h3-4H,1-2H3. The molecule has 0 N–H and O–H groups in total. The van der Waals surface area contributed by atoms with Gasteiger partial charge in [0.1, 0.15) is 11.3 Å². The van der Waals surface area contributed by atoms with Gasteiger partial charge >= 0.3 is 5.97 Å². The van der Waals surface area contributed by atoms with Crippen molar-refractivity contribution in [1.29, 1.82) is 0 Å². The third kappa shape index (κ3) is 1.81. The molecule has 0 aliphatic heterocycles. The van der Waals surface area contributed by atoms with Crippen LogP contribution in [-0.4, -0.2) is 20.2 Å². The van der Waals surface area contributed by atoms with E-state index in [1.807, 2.05) is 0 Å². The number of rotatable bonds is 2. The molecule has 14 heavy (non-hydrogen) atoms. The number of carbonyl (C=O) groups excluding carboxylic acids is 1. The molecule has 0 saturated carbocycles. The highest BCUT2D eigenvalue weighted by atomic mass is 19.2. The van der Waals surface area contributed by atoms with Crippen LogP contribution in [-0.2, 0) is 4.74 Å². The topological polar surface area (TPSA) is 35.5 Å². The Morgan fingerprint density at radius 3 is 2.29 bits per heavy atom. The lowest BCUT2D eigenvalue weighted by Gasteiger charge is -2.06. The Bertz CT molecular complexity index is 363. The van der Waals surface area contributed by atoms with Gasteiger partial charge in [-0.1, -0.05) is 0 Å². The number of hydrogen-bond acceptors (Lipinski definition) is 3. The Kier molecular flexibility index (Phi) is 3.01. The fourth-order valence-corrected chi connectivity index (χ4v) is 0.967. The van der Waals surface area contributed by atoms with Crippen LogP contribution in [0.5, 0.6) is 5.75 Å². The predicted molar refractivity (Wildman–Crippen MR) is 44.2 cm³/mol. The van der Waals surface area contributed by atoms with Crippen LogP contribution >= 0.6 is 0 Å². The molecule has 1 aromatic carbocycles. The quantitative estimate of drug-likeness (QED) is 0.685. The molecule has 0 heterocycles. The van der Waals surface area contributed by atoms with Gasteiger partial charge in [0.05, 0.1) is 14.2 Å². The molecule has 1 aromatic rings. The molecule has 1 rings (SSSR count). The molecule has 0 aromatic heterocycles. The zero-order chi connectivity index (χ0) is 10.7. The molecule has 0 bridgehead atoms. The summed E-state index contributed by atoms with van der Waals surface area (Å²) in [5.41, 5.74) is -0.145. The van der Waals surface area contributed by atoms with Crippen molar-refractivity contribution in [2.45, 2.75) is 0 Å². The summed E-state index contributed by atoms with van der Waals surface area (Å²) in [4.78, 5) is 11.1. The van der Waals surface area contributed by atoms with Crippen molar-refractivity contribution in [2.75, 3.05) is 14.2 Å². The summed E-state index contributed by atoms with van der Waals surface area (Å²) in [6.45, 7) is 0. The number of ether oxygens (including phenoxy) is 2. The fraction of sp³-hybridized carbons (Fsp3) is 0.222. The highest BCUT2D eigenvalue weighted by Crippen LogP contribution is 2.22. The molecule has 0 amide bonds. The van der Waals surface area contributed by atoms with Crippen LogP contribution in [0.15, 0.2) is 12.1 Å². The number of esters is 1. The van der Waals surface area contributed by atoms with Gasteiger partial charge in [-0.05, 0) is 6.07 Å². The molecule has 5 heteroatoms. The monoisotopic (exact) mass is 202 g/mol. The fourth-order valence-electron chi connectivity index (χ4n) is 0.967. The van der Waals surface area contributed by atoms with E-state index in [4.69, 9.17) is 4.74 Å².